The third kappa shape index (κ3) is 3.67. The Bertz CT molecular complexity index is 373. The first-order chi connectivity index (χ1) is 9.12. The largest absolute Gasteiger partial charge is 0.464 e. The molecule has 0 spiro atoms. The van der Waals surface area contributed by atoms with Crippen LogP contribution in [-0.2, 0) is 14.3 Å². The lowest BCUT2D eigenvalue weighted by molar-refractivity contribution is -0.163. The third-order valence-corrected chi connectivity index (χ3v) is 4.01. The second-order valence-corrected chi connectivity index (χ2v) is 5.81. The monoisotopic (exact) mass is 291 g/mol. The molecule has 0 bridgehead atoms. The van der Waals surface area contributed by atoms with Crippen LogP contribution in [-0.4, -0.2) is 41.9 Å². The van der Waals surface area contributed by atoms with Crippen LogP contribution in [0.1, 0.15) is 46.5 Å². The summed E-state index contributed by atoms with van der Waals surface area (Å²) in [4.78, 5) is 25.5. The molecule has 0 aromatic heterocycles. The highest BCUT2D eigenvalue weighted by Crippen LogP contribution is 2.37. The summed E-state index contributed by atoms with van der Waals surface area (Å²) in [7, 11) is 1.52. The molecular formula is C14H23F2NO3. The topological polar surface area (TPSA) is 46.6 Å². The molecule has 4 nitrogen and oxygen atoms in total. The molecule has 0 aliphatic heterocycles. The van der Waals surface area contributed by atoms with Crippen molar-refractivity contribution in [2.75, 3.05) is 13.7 Å². The molecule has 0 heterocycles. The summed E-state index contributed by atoms with van der Waals surface area (Å²) in [6.07, 6.45) is -0.210. The maximum atomic E-state index is 13.1. The van der Waals surface area contributed by atoms with E-state index in [9.17, 15) is 18.4 Å². The van der Waals surface area contributed by atoms with Crippen LogP contribution >= 0.6 is 0 Å². The second kappa shape index (κ2) is 6.06. The van der Waals surface area contributed by atoms with Gasteiger partial charge in [0, 0.05) is 25.8 Å². The number of alkyl halides is 2. The minimum atomic E-state index is -2.66. The summed E-state index contributed by atoms with van der Waals surface area (Å²) in [5.74, 6) is -3.85. The van der Waals surface area contributed by atoms with E-state index < -0.39 is 23.3 Å². The van der Waals surface area contributed by atoms with E-state index in [0.717, 1.165) is 0 Å². The number of rotatable bonds is 4. The number of ether oxygens (including phenoxy) is 1. The van der Waals surface area contributed by atoms with Crippen LogP contribution in [0.15, 0.2) is 0 Å². The molecule has 1 aliphatic rings. The highest BCUT2D eigenvalue weighted by Gasteiger charge is 2.42. The van der Waals surface area contributed by atoms with Crippen molar-refractivity contribution >= 4 is 11.9 Å². The van der Waals surface area contributed by atoms with Crippen molar-refractivity contribution in [2.24, 2.45) is 5.92 Å². The highest BCUT2D eigenvalue weighted by molar-refractivity contribution is 5.88. The third-order valence-electron chi connectivity index (χ3n) is 4.01. The van der Waals surface area contributed by atoms with Crippen molar-refractivity contribution in [1.29, 1.82) is 0 Å². The van der Waals surface area contributed by atoms with Gasteiger partial charge < -0.3 is 9.64 Å². The van der Waals surface area contributed by atoms with Gasteiger partial charge >= 0.3 is 5.97 Å². The van der Waals surface area contributed by atoms with Crippen LogP contribution in [0.4, 0.5) is 8.78 Å². The first kappa shape index (κ1) is 16.9. The molecule has 1 aliphatic carbocycles. The van der Waals surface area contributed by atoms with Crippen LogP contribution in [0, 0.1) is 5.92 Å². The molecule has 1 rings (SSSR count). The van der Waals surface area contributed by atoms with Gasteiger partial charge in [0.15, 0.2) is 0 Å². The Balaban J connectivity index is 2.69. The van der Waals surface area contributed by atoms with Gasteiger partial charge in [-0.15, -0.1) is 0 Å². The molecular weight excluding hydrogens is 268 g/mol. The average Bonchev–Trinajstić information content (AvgIpc) is 2.37. The molecule has 0 radical (unpaired) electrons. The smallest absolute Gasteiger partial charge is 0.331 e. The molecule has 116 valence electrons. The Hall–Kier alpha value is -1.20. The quantitative estimate of drug-likeness (QED) is 0.748. The van der Waals surface area contributed by atoms with Gasteiger partial charge in [0.1, 0.15) is 5.54 Å². The predicted octanol–water partition coefficient (Wildman–Crippen LogP) is 2.61. The maximum Gasteiger partial charge on any atom is 0.331 e. The van der Waals surface area contributed by atoms with Gasteiger partial charge in [-0.1, -0.05) is 0 Å². The zero-order valence-corrected chi connectivity index (χ0v) is 12.5. The number of hydrogen-bond acceptors (Lipinski definition) is 3. The van der Waals surface area contributed by atoms with Crippen molar-refractivity contribution in [3.8, 4) is 0 Å². The van der Waals surface area contributed by atoms with Crippen molar-refractivity contribution < 1.29 is 23.1 Å². The van der Waals surface area contributed by atoms with Crippen molar-refractivity contribution in [3.63, 3.8) is 0 Å². The number of carbonyl (C=O) groups is 2. The molecule has 1 saturated carbocycles. The summed E-state index contributed by atoms with van der Waals surface area (Å²) in [5, 5.41) is 0. The molecule has 20 heavy (non-hydrogen) atoms. The van der Waals surface area contributed by atoms with E-state index in [4.69, 9.17) is 4.74 Å². The summed E-state index contributed by atoms with van der Waals surface area (Å²) < 4.78 is 31.2. The Labute approximate surface area is 118 Å². The van der Waals surface area contributed by atoms with Crippen molar-refractivity contribution in [3.05, 3.63) is 0 Å². The first-order valence-electron chi connectivity index (χ1n) is 6.94. The summed E-state index contributed by atoms with van der Waals surface area (Å²) in [6, 6.07) is 0. The van der Waals surface area contributed by atoms with Crippen molar-refractivity contribution in [1.82, 2.24) is 4.90 Å². The van der Waals surface area contributed by atoms with E-state index in [1.165, 1.54) is 11.9 Å². The van der Waals surface area contributed by atoms with Crippen LogP contribution < -0.4 is 0 Å². The Morgan fingerprint density at radius 2 is 1.80 bits per heavy atom. The van der Waals surface area contributed by atoms with Gasteiger partial charge in [0.2, 0.25) is 11.8 Å². The summed E-state index contributed by atoms with van der Waals surface area (Å²) in [5.41, 5.74) is -1.09. The molecule has 0 aromatic carbocycles. The van der Waals surface area contributed by atoms with E-state index in [1.807, 2.05) is 0 Å². The molecule has 0 N–H and O–H groups in total. The zero-order valence-electron chi connectivity index (χ0n) is 12.5. The number of nitrogens with zero attached hydrogens (tertiary/aromatic N) is 1. The summed E-state index contributed by atoms with van der Waals surface area (Å²) in [6.45, 7) is 5.12. The van der Waals surface area contributed by atoms with Crippen LogP contribution in [0.2, 0.25) is 0 Å². The van der Waals surface area contributed by atoms with Gasteiger partial charge in [0.05, 0.1) is 6.61 Å². The van der Waals surface area contributed by atoms with Gasteiger partial charge in [-0.3, -0.25) is 4.79 Å². The van der Waals surface area contributed by atoms with E-state index in [-0.39, 0.29) is 38.2 Å². The Kier molecular flexibility index (Phi) is 5.10. The van der Waals surface area contributed by atoms with Gasteiger partial charge in [-0.05, 0) is 33.6 Å². The van der Waals surface area contributed by atoms with Crippen LogP contribution in [0.25, 0.3) is 0 Å². The molecule has 1 amide bonds. The number of carbonyl (C=O) groups excluding carboxylic acids is 2. The average molecular weight is 291 g/mol. The maximum absolute atomic E-state index is 13.1. The fourth-order valence-corrected chi connectivity index (χ4v) is 2.28. The van der Waals surface area contributed by atoms with Gasteiger partial charge in [-0.25, -0.2) is 13.6 Å². The minimum Gasteiger partial charge on any atom is -0.464 e. The standard InChI is InChI=1S/C14H23F2NO3/c1-5-20-12(19)13(2,3)17(4)11(18)10-6-8-14(15,16)9-7-10/h10H,5-9H2,1-4H3. The number of halogens is 2. The Morgan fingerprint density at radius 3 is 2.25 bits per heavy atom. The van der Waals surface area contributed by atoms with E-state index in [2.05, 4.69) is 0 Å². The van der Waals surface area contributed by atoms with Gasteiger partial charge in [-0.2, -0.15) is 0 Å². The van der Waals surface area contributed by atoms with Crippen LogP contribution in [0.3, 0.4) is 0 Å². The molecule has 6 heteroatoms. The summed E-state index contributed by atoms with van der Waals surface area (Å²) >= 11 is 0. The second-order valence-electron chi connectivity index (χ2n) is 5.81. The fourth-order valence-electron chi connectivity index (χ4n) is 2.28. The van der Waals surface area contributed by atoms with E-state index in [1.54, 1.807) is 20.8 Å². The molecule has 0 saturated heterocycles. The molecule has 1 fully saturated rings. The molecule has 0 atom stereocenters. The SMILES string of the molecule is CCOC(=O)C(C)(C)N(C)C(=O)C1CCC(F)(F)CC1. The molecule has 0 aromatic rings. The first-order valence-corrected chi connectivity index (χ1v) is 6.94. The van der Waals surface area contributed by atoms with Crippen LogP contribution in [0.5, 0.6) is 0 Å². The number of amides is 1. The lowest BCUT2D eigenvalue weighted by Crippen LogP contribution is -2.53. The highest BCUT2D eigenvalue weighted by atomic mass is 19.3. The normalized spacial score (nSPS) is 19.5. The van der Waals surface area contributed by atoms with E-state index in [0.29, 0.717) is 0 Å². The molecule has 0 unspecified atom stereocenters. The minimum absolute atomic E-state index is 0.162. The fraction of sp³-hybridized carbons (Fsp3) is 0.857. The number of esters is 1. The number of hydrogen-bond donors (Lipinski definition) is 0. The zero-order chi connectivity index (χ0) is 15.6. The van der Waals surface area contributed by atoms with Crippen molar-refractivity contribution in [2.45, 2.75) is 57.9 Å². The number of likely N-dealkylation sites (N-methyl/N-ethyl adjacent to an activating group) is 1. The lowest BCUT2D eigenvalue weighted by Gasteiger charge is -2.37. The van der Waals surface area contributed by atoms with E-state index >= 15 is 0 Å². The Morgan fingerprint density at radius 1 is 1.30 bits per heavy atom. The predicted molar refractivity (Wildman–Crippen MR) is 70.4 cm³/mol. The van der Waals surface area contributed by atoms with Gasteiger partial charge in [0.25, 0.3) is 0 Å². The lowest BCUT2D eigenvalue weighted by atomic mass is 9.85.